The van der Waals surface area contributed by atoms with Crippen LogP contribution >= 0.6 is 10.3 Å². The van der Waals surface area contributed by atoms with E-state index in [4.69, 9.17) is 0 Å². The van der Waals surface area contributed by atoms with Crippen molar-refractivity contribution in [1.29, 1.82) is 0 Å². The molecule has 1 fully saturated rings. The van der Waals surface area contributed by atoms with E-state index >= 15 is 0 Å². The standard InChI is InChI=1S/C26H23F17O3S2/c1-18(2,3)16-10-11-17(15-9-5-4-8-14(15)16)47(12-6-7-13-47)46-48(44,45)26(42,43)24(37,38)22(33,34)20(29,30)19(27,28)21(31,32)23(35,36)25(39,40)41/h4-5,8-11H,6-7,12-13H2,1-3H3. The molecule has 0 aromatic heterocycles. The Morgan fingerprint density at radius 3 is 1.38 bits per heavy atom. The van der Waals surface area contributed by atoms with Gasteiger partial charge in [-0.1, -0.05) is 61.4 Å². The van der Waals surface area contributed by atoms with Crippen molar-refractivity contribution in [3.05, 3.63) is 42.0 Å². The third kappa shape index (κ3) is 5.49. The molecule has 1 aliphatic heterocycles. The zero-order valence-corrected chi connectivity index (χ0v) is 25.9. The fourth-order valence-corrected chi connectivity index (χ4v) is 10.7. The normalized spacial score (nSPS) is 18.8. The molecule has 22 heteroatoms. The Morgan fingerprint density at radius 1 is 0.562 bits per heavy atom. The summed E-state index contributed by atoms with van der Waals surface area (Å²) in [6.45, 7) is 5.20. The third-order valence-corrected chi connectivity index (χ3v) is 13.2. The van der Waals surface area contributed by atoms with Crippen molar-refractivity contribution in [2.75, 3.05) is 11.5 Å². The van der Waals surface area contributed by atoms with Crippen LogP contribution in [0.15, 0.2) is 41.3 Å². The molecule has 1 saturated heterocycles. The minimum Gasteiger partial charge on any atom is -0.211 e. The van der Waals surface area contributed by atoms with Gasteiger partial charge in [0.15, 0.2) is 0 Å². The number of halogens is 17. The molecule has 1 aliphatic rings. The van der Waals surface area contributed by atoms with E-state index in [0.29, 0.717) is 10.9 Å². The Hall–Kier alpha value is -2.23. The molecule has 0 saturated carbocycles. The molecule has 2 aromatic rings. The maximum Gasteiger partial charge on any atom is 0.460 e. The highest BCUT2D eigenvalue weighted by Crippen LogP contribution is 2.68. The van der Waals surface area contributed by atoms with Gasteiger partial charge < -0.3 is 0 Å². The third-order valence-electron chi connectivity index (χ3n) is 7.52. The minimum atomic E-state index is -8.91. The fraction of sp³-hybridized carbons (Fsp3) is 0.615. The van der Waals surface area contributed by atoms with Crippen LogP contribution in [0, 0.1) is 0 Å². The average Bonchev–Trinajstić information content (AvgIpc) is 3.39. The summed E-state index contributed by atoms with van der Waals surface area (Å²) in [5.74, 6) is -53.1. The SMILES string of the molecule is CC(C)(C)c1ccc(S2(OS(=O)(=O)C(F)(F)C(F)(F)C(F)(F)C(F)(F)C(F)(F)C(F)(F)C(F)(F)C(F)(F)F)CCCC2)c2ccccc12. The first-order valence-electron chi connectivity index (χ1n) is 13.1. The van der Waals surface area contributed by atoms with Gasteiger partial charge >= 0.3 is 57.1 Å². The quantitative estimate of drug-likeness (QED) is 0.226. The van der Waals surface area contributed by atoms with Crippen molar-refractivity contribution >= 4 is 31.2 Å². The van der Waals surface area contributed by atoms with Gasteiger partial charge in [-0.2, -0.15) is 83.1 Å². The Bertz CT molecular complexity index is 1640. The van der Waals surface area contributed by atoms with Crippen LogP contribution in [-0.2, 0) is 19.2 Å². The Labute approximate surface area is 262 Å². The van der Waals surface area contributed by atoms with E-state index in [1.807, 2.05) is 0 Å². The van der Waals surface area contributed by atoms with Crippen LogP contribution in [0.1, 0.15) is 39.2 Å². The van der Waals surface area contributed by atoms with Gasteiger partial charge in [0.1, 0.15) is 0 Å². The van der Waals surface area contributed by atoms with Gasteiger partial charge in [-0.15, -0.1) is 0 Å². The molecule has 48 heavy (non-hydrogen) atoms. The summed E-state index contributed by atoms with van der Waals surface area (Å²) in [7, 11) is -11.5. The summed E-state index contributed by atoms with van der Waals surface area (Å²) in [6, 6.07) is 8.21. The summed E-state index contributed by atoms with van der Waals surface area (Å²) < 4.78 is 264. The van der Waals surface area contributed by atoms with E-state index < -0.39 is 84.3 Å². The summed E-state index contributed by atoms with van der Waals surface area (Å²) in [5, 5.41) is -7.28. The first-order valence-corrected chi connectivity index (χ1v) is 16.4. The lowest BCUT2D eigenvalue weighted by molar-refractivity contribution is -0.458. The average molecular weight is 771 g/mol. The highest BCUT2D eigenvalue weighted by Gasteiger charge is 2.96. The van der Waals surface area contributed by atoms with E-state index in [0.717, 1.165) is 6.07 Å². The first kappa shape index (κ1) is 40.2. The number of fused-ring (bicyclic) bond motifs is 1. The number of rotatable bonds is 10. The molecule has 0 bridgehead atoms. The molecular formula is C26H23F17O3S2. The van der Waals surface area contributed by atoms with Crippen LogP contribution in [-0.4, -0.2) is 66.9 Å². The maximum atomic E-state index is 15.0. The molecular weight excluding hydrogens is 747 g/mol. The van der Waals surface area contributed by atoms with Crippen LogP contribution < -0.4 is 0 Å². The van der Waals surface area contributed by atoms with Gasteiger partial charge in [0.05, 0.1) is 0 Å². The Balaban J connectivity index is 2.18. The highest BCUT2D eigenvalue weighted by atomic mass is 32.3. The monoisotopic (exact) mass is 770 g/mol. The zero-order chi connectivity index (χ0) is 37.6. The van der Waals surface area contributed by atoms with Gasteiger partial charge in [0.2, 0.25) is 0 Å². The molecule has 2 aromatic carbocycles. The minimum absolute atomic E-state index is 0.0644. The number of hydrogen-bond donors (Lipinski definition) is 0. The Kier molecular flexibility index (Phi) is 9.54. The maximum absolute atomic E-state index is 15.0. The van der Waals surface area contributed by atoms with Gasteiger partial charge in [0.25, 0.3) is 0 Å². The Morgan fingerprint density at radius 2 is 0.958 bits per heavy atom. The zero-order valence-electron chi connectivity index (χ0n) is 24.3. The lowest BCUT2D eigenvalue weighted by Gasteiger charge is -2.43. The van der Waals surface area contributed by atoms with Crippen molar-refractivity contribution < 1.29 is 86.7 Å². The van der Waals surface area contributed by atoms with Crippen molar-refractivity contribution in [2.24, 2.45) is 0 Å². The lowest BCUT2D eigenvalue weighted by atomic mass is 9.84. The molecule has 0 N–H and O–H groups in total. The topological polar surface area (TPSA) is 43.4 Å². The molecule has 1 heterocycles. The summed E-state index contributed by atoms with van der Waals surface area (Å²) in [4.78, 5) is -0.232. The van der Waals surface area contributed by atoms with E-state index in [-0.39, 0.29) is 23.1 Å². The molecule has 0 unspecified atom stereocenters. The van der Waals surface area contributed by atoms with E-state index in [1.165, 1.54) is 30.3 Å². The summed E-state index contributed by atoms with van der Waals surface area (Å²) in [6.07, 6.45) is -8.03. The van der Waals surface area contributed by atoms with Gasteiger partial charge in [-0.05, 0) is 40.7 Å². The van der Waals surface area contributed by atoms with Crippen LogP contribution in [0.25, 0.3) is 10.8 Å². The second-order valence-corrected chi connectivity index (χ2v) is 16.7. The molecule has 276 valence electrons. The molecule has 0 aliphatic carbocycles. The van der Waals surface area contributed by atoms with Crippen LogP contribution in [0.5, 0.6) is 0 Å². The predicted octanol–water partition coefficient (Wildman–Crippen LogP) is 10.3. The predicted molar refractivity (Wildman–Crippen MR) is 138 cm³/mol. The number of alkyl halides is 17. The van der Waals surface area contributed by atoms with Crippen LogP contribution in [0.3, 0.4) is 0 Å². The van der Waals surface area contributed by atoms with E-state index in [2.05, 4.69) is 3.63 Å². The van der Waals surface area contributed by atoms with Gasteiger partial charge in [-0.25, -0.2) is 3.63 Å². The smallest absolute Gasteiger partial charge is 0.211 e. The second-order valence-electron chi connectivity index (χ2n) is 11.8. The van der Waals surface area contributed by atoms with Crippen molar-refractivity contribution in [1.82, 2.24) is 0 Å². The summed E-state index contributed by atoms with van der Waals surface area (Å²) >= 11 is 0. The highest BCUT2D eigenvalue weighted by molar-refractivity contribution is 8.33. The van der Waals surface area contributed by atoms with E-state index in [9.17, 15) is 83.1 Å². The van der Waals surface area contributed by atoms with Crippen molar-refractivity contribution in [3.8, 4) is 0 Å². The van der Waals surface area contributed by atoms with Gasteiger partial charge in [-0.3, -0.25) is 0 Å². The molecule has 0 amide bonds. The fourth-order valence-electron chi connectivity index (χ4n) is 4.87. The molecule has 0 radical (unpaired) electrons. The molecule has 0 spiro atoms. The first-order chi connectivity index (χ1) is 21.1. The van der Waals surface area contributed by atoms with Crippen LogP contribution in [0.4, 0.5) is 74.6 Å². The summed E-state index contributed by atoms with van der Waals surface area (Å²) in [5.41, 5.74) is -0.0530. The van der Waals surface area contributed by atoms with Crippen molar-refractivity contribution in [2.45, 2.75) is 90.9 Å². The van der Waals surface area contributed by atoms with Crippen LogP contribution in [0.2, 0.25) is 0 Å². The number of hydrogen-bond acceptors (Lipinski definition) is 3. The number of benzene rings is 2. The molecule has 3 nitrogen and oxygen atoms in total. The molecule has 0 atom stereocenters. The molecule has 3 rings (SSSR count). The van der Waals surface area contributed by atoms with Crippen molar-refractivity contribution in [3.63, 3.8) is 0 Å². The largest absolute Gasteiger partial charge is 0.460 e. The van der Waals surface area contributed by atoms with E-state index in [1.54, 1.807) is 20.8 Å². The van der Waals surface area contributed by atoms with Gasteiger partial charge in [0, 0.05) is 16.4 Å². The second kappa shape index (κ2) is 11.4. The lowest BCUT2D eigenvalue weighted by Crippen LogP contribution is -2.75.